The summed E-state index contributed by atoms with van der Waals surface area (Å²) in [5.74, 6) is -2.54. The average molecular weight is 685 g/mol. The number of carboxylic acids is 2. The van der Waals surface area contributed by atoms with Gasteiger partial charge in [0.1, 0.15) is 11.5 Å². The van der Waals surface area contributed by atoms with Crippen molar-refractivity contribution in [3.63, 3.8) is 0 Å². The van der Waals surface area contributed by atoms with Crippen molar-refractivity contribution in [2.75, 3.05) is 11.5 Å². The number of carboxylic acid groups (broad SMARTS) is 2. The van der Waals surface area contributed by atoms with Crippen LogP contribution in [0.1, 0.15) is 119 Å². The Labute approximate surface area is 294 Å². The third-order valence-corrected chi connectivity index (χ3v) is 7.37. The predicted molar refractivity (Wildman–Crippen MR) is 196 cm³/mol. The third-order valence-electron chi connectivity index (χ3n) is 7.37. The van der Waals surface area contributed by atoms with E-state index in [1.54, 1.807) is 48.5 Å². The van der Waals surface area contributed by atoms with E-state index in [1.807, 2.05) is 0 Å². The molecule has 0 fully saturated rings. The Bertz CT molecular complexity index is 1480. The molecule has 0 saturated heterocycles. The molecule has 0 bridgehead atoms. The monoisotopic (exact) mass is 684 g/mol. The lowest BCUT2D eigenvalue weighted by Gasteiger charge is -2.04. The highest BCUT2D eigenvalue weighted by Gasteiger charge is 2.10. The van der Waals surface area contributed by atoms with Gasteiger partial charge in [-0.25, -0.2) is 19.2 Å². The summed E-state index contributed by atoms with van der Waals surface area (Å²) in [6.45, 7) is 4.56. The first-order chi connectivity index (χ1) is 24.0. The van der Waals surface area contributed by atoms with E-state index in [4.69, 9.17) is 31.2 Å². The van der Waals surface area contributed by atoms with Gasteiger partial charge in [-0.3, -0.25) is 0 Å². The molecule has 6 N–H and O–H groups in total. The molecule has 0 atom stereocenters. The van der Waals surface area contributed by atoms with Gasteiger partial charge in [0.05, 0.1) is 22.3 Å². The van der Waals surface area contributed by atoms with Gasteiger partial charge in [-0.15, -0.1) is 0 Å². The molecule has 0 radical (unpaired) electrons. The van der Waals surface area contributed by atoms with Crippen LogP contribution in [0.2, 0.25) is 0 Å². The minimum atomic E-state index is -1.03. The highest BCUT2D eigenvalue weighted by atomic mass is 16.5. The zero-order valence-corrected chi connectivity index (χ0v) is 28.8. The summed E-state index contributed by atoms with van der Waals surface area (Å²) in [4.78, 5) is 44.9. The minimum Gasteiger partial charge on any atom is -0.478 e. The van der Waals surface area contributed by atoms with Crippen LogP contribution in [0.5, 0.6) is 11.5 Å². The Morgan fingerprint density at radius 1 is 0.440 bits per heavy atom. The number of hydrogen-bond donors (Lipinski definition) is 4. The SMILES string of the molecule is CCCCCCCCCCCC.Nc1ccc(C(=O)Oc2ccc(C(=O)O)cc2)cc1.Nc1ccc(C(=O)Oc2ccc(C(=O)O)cc2)cc1. The molecule has 0 aliphatic carbocycles. The summed E-state index contributed by atoms with van der Waals surface area (Å²) in [5, 5.41) is 17.5. The molecule has 10 heteroatoms. The number of rotatable bonds is 15. The fourth-order valence-corrected chi connectivity index (χ4v) is 4.46. The molecular formula is C40H48N2O8. The van der Waals surface area contributed by atoms with E-state index in [2.05, 4.69) is 13.8 Å². The van der Waals surface area contributed by atoms with Crippen molar-refractivity contribution in [1.82, 2.24) is 0 Å². The zero-order valence-electron chi connectivity index (χ0n) is 28.8. The third kappa shape index (κ3) is 16.0. The van der Waals surface area contributed by atoms with Crippen LogP contribution < -0.4 is 20.9 Å². The molecule has 0 unspecified atom stereocenters. The van der Waals surface area contributed by atoms with Gasteiger partial charge in [0, 0.05) is 11.4 Å². The van der Waals surface area contributed by atoms with Crippen LogP contribution in [-0.2, 0) is 0 Å². The van der Waals surface area contributed by atoms with Crippen LogP contribution in [0.4, 0.5) is 11.4 Å². The number of esters is 2. The van der Waals surface area contributed by atoms with Crippen molar-refractivity contribution in [3.8, 4) is 11.5 Å². The maximum Gasteiger partial charge on any atom is 0.343 e. The van der Waals surface area contributed by atoms with Gasteiger partial charge in [0.15, 0.2) is 0 Å². The fourth-order valence-electron chi connectivity index (χ4n) is 4.46. The van der Waals surface area contributed by atoms with Crippen molar-refractivity contribution in [3.05, 3.63) is 119 Å². The topological polar surface area (TPSA) is 179 Å². The van der Waals surface area contributed by atoms with Crippen LogP contribution in [0.25, 0.3) is 0 Å². The largest absolute Gasteiger partial charge is 0.478 e. The van der Waals surface area contributed by atoms with Gasteiger partial charge < -0.3 is 31.2 Å². The number of carbonyl (C=O) groups is 4. The molecule has 0 amide bonds. The molecule has 4 aromatic rings. The van der Waals surface area contributed by atoms with E-state index in [-0.39, 0.29) is 22.6 Å². The number of unbranched alkanes of at least 4 members (excludes halogenated alkanes) is 9. The van der Waals surface area contributed by atoms with E-state index >= 15 is 0 Å². The minimum absolute atomic E-state index is 0.132. The Morgan fingerprint density at radius 3 is 0.960 bits per heavy atom. The molecule has 4 rings (SSSR count). The molecule has 4 aromatic carbocycles. The number of nitrogens with two attached hydrogens (primary N) is 2. The summed E-state index contributed by atoms with van der Waals surface area (Å²) in [7, 11) is 0. The first-order valence-corrected chi connectivity index (χ1v) is 16.9. The Morgan fingerprint density at radius 2 is 0.700 bits per heavy atom. The van der Waals surface area contributed by atoms with Crippen LogP contribution >= 0.6 is 0 Å². The van der Waals surface area contributed by atoms with Crippen molar-refractivity contribution in [1.29, 1.82) is 0 Å². The van der Waals surface area contributed by atoms with E-state index < -0.39 is 23.9 Å². The molecular weight excluding hydrogens is 636 g/mol. The highest BCUT2D eigenvalue weighted by molar-refractivity contribution is 5.92. The molecule has 0 saturated carbocycles. The lowest BCUT2D eigenvalue weighted by Crippen LogP contribution is -2.08. The standard InChI is InChI=1S/2C14H11NO4.C12H26/c2*15-11-5-1-10(2-6-11)14(18)19-12-7-3-9(4-8-12)13(16)17;1-3-5-7-9-11-12-10-8-6-4-2/h2*1-8H,15H2,(H,16,17);3-12H2,1-2H3. The van der Waals surface area contributed by atoms with Crippen molar-refractivity contribution in [2.45, 2.75) is 78.1 Å². The number of benzene rings is 4. The van der Waals surface area contributed by atoms with E-state index in [0.29, 0.717) is 22.5 Å². The van der Waals surface area contributed by atoms with Crippen molar-refractivity contribution >= 4 is 35.3 Å². The number of anilines is 2. The molecule has 10 nitrogen and oxygen atoms in total. The van der Waals surface area contributed by atoms with E-state index in [1.165, 1.54) is 113 Å². The summed E-state index contributed by atoms with van der Waals surface area (Å²) in [6.07, 6.45) is 14.4. The van der Waals surface area contributed by atoms with Crippen molar-refractivity contribution < 1.29 is 38.9 Å². The first kappa shape index (κ1) is 40.5. The fraction of sp³-hybridized carbons (Fsp3) is 0.300. The second kappa shape index (κ2) is 22.8. The summed E-state index contributed by atoms with van der Waals surface area (Å²) < 4.78 is 10.2. The average Bonchev–Trinajstić information content (AvgIpc) is 3.11. The van der Waals surface area contributed by atoms with Crippen LogP contribution in [0.3, 0.4) is 0 Å². The number of hydrogen-bond acceptors (Lipinski definition) is 8. The Kier molecular flexibility index (Phi) is 18.5. The smallest absolute Gasteiger partial charge is 0.343 e. The zero-order chi connectivity index (χ0) is 36.7. The number of nitrogen functional groups attached to an aromatic ring is 2. The van der Waals surface area contributed by atoms with E-state index in [0.717, 1.165) is 0 Å². The second-order valence-corrected chi connectivity index (χ2v) is 11.5. The van der Waals surface area contributed by atoms with Crippen molar-refractivity contribution in [2.24, 2.45) is 0 Å². The predicted octanol–water partition coefficient (Wildman–Crippen LogP) is 9.30. The maximum absolute atomic E-state index is 11.8. The molecule has 50 heavy (non-hydrogen) atoms. The van der Waals surface area contributed by atoms with Gasteiger partial charge in [-0.05, 0) is 97.1 Å². The van der Waals surface area contributed by atoms with Crippen LogP contribution in [0, 0.1) is 0 Å². The molecule has 0 heterocycles. The Balaban J connectivity index is 0.000000269. The maximum atomic E-state index is 11.8. The van der Waals surface area contributed by atoms with Gasteiger partial charge in [0.25, 0.3) is 0 Å². The summed E-state index contributed by atoms with van der Waals surface area (Å²) >= 11 is 0. The number of ether oxygens (including phenoxy) is 2. The molecule has 0 aliphatic rings. The first-order valence-electron chi connectivity index (χ1n) is 16.9. The Hall–Kier alpha value is -5.64. The second-order valence-electron chi connectivity index (χ2n) is 11.5. The van der Waals surface area contributed by atoms with Gasteiger partial charge in [-0.2, -0.15) is 0 Å². The number of carbonyl (C=O) groups excluding carboxylic acids is 2. The lowest BCUT2D eigenvalue weighted by molar-refractivity contribution is 0.0685. The van der Waals surface area contributed by atoms with E-state index in [9.17, 15) is 19.2 Å². The van der Waals surface area contributed by atoms with Crippen LogP contribution in [0.15, 0.2) is 97.1 Å². The summed E-state index contributed by atoms with van der Waals surface area (Å²) in [6, 6.07) is 23.8. The van der Waals surface area contributed by atoms with Crippen LogP contribution in [-0.4, -0.2) is 34.1 Å². The highest BCUT2D eigenvalue weighted by Crippen LogP contribution is 2.17. The molecule has 0 aliphatic heterocycles. The van der Waals surface area contributed by atoms with Gasteiger partial charge in [0.2, 0.25) is 0 Å². The molecule has 0 aromatic heterocycles. The van der Waals surface area contributed by atoms with Gasteiger partial charge >= 0.3 is 23.9 Å². The van der Waals surface area contributed by atoms with Gasteiger partial charge in [-0.1, -0.05) is 78.1 Å². The molecule has 0 spiro atoms. The lowest BCUT2D eigenvalue weighted by atomic mass is 10.1. The number of aromatic carboxylic acids is 2. The summed E-state index contributed by atoms with van der Waals surface area (Å²) in [5.41, 5.74) is 13.2. The normalized spacial score (nSPS) is 10.0. The quantitative estimate of drug-likeness (QED) is 0.0408. The molecule has 266 valence electrons.